The lowest BCUT2D eigenvalue weighted by Gasteiger charge is -2.10. The molecule has 3 rings (SSSR count). The second-order valence-electron chi connectivity index (χ2n) is 6.40. The van der Waals surface area contributed by atoms with Crippen LogP contribution in [0.5, 0.6) is 11.5 Å². The largest absolute Gasteiger partial charge is 0.493 e. The predicted octanol–water partition coefficient (Wildman–Crippen LogP) is 5.02. The molecule has 1 amide bonds. The average Bonchev–Trinajstić information content (AvgIpc) is 2.76. The molecule has 0 bridgehead atoms. The fourth-order valence-electron chi connectivity index (χ4n) is 2.60. The van der Waals surface area contributed by atoms with Gasteiger partial charge in [-0.15, -0.1) is 0 Å². The Labute approximate surface area is 193 Å². The molecular formula is C23H18BrClN2O4. The summed E-state index contributed by atoms with van der Waals surface area (Å²) in [5.74, 6) is -0.151. The Morgan fingerprint density at radius 1 is 1.03 bits per heavy atom. The van der Waals surface area contributed by atoms with E-state index >= 15 is 0 Å². The lowest BCUT2D eigenvalue weighted by Crippen LogP contribution is -2.19. The van der Waals surface area contributed by atoms with Gasteiger partial charge in [-0.05, 0) is 65.7 Å². The highest BCUT2D eigenvalue weighted by atomic mass is 79.9. The molecule has 0 unspecified atom stereocenters. The SMILES string of the molecule is COc1cc(/C=N\NC(=O)Cc2ccc(Br)cc2)ccc1OC(=O)c1ccc(Cl)cc1. The van der Waals surface area contributed by atoms with E-state index in [2.05, 4.69) is 26.5 Å². The van der Waals surface area contributed by atoms with E-state index in [-0.39, 0.29) is 18.1 Å². The van der Waals surface area contributed by atoms with E-state index < -0.39 is 5.97 Å². The number of hydrazone groups is 1. The summed E-state index contributed by atoms with van der Waals surface area (Å²) in [5, 5.41) is 4.50. The molecule has 6 nitrogen and oxygen atoms in total. The second kappa shape index (κ2) is 10.7. The van der Waals surface area contributed by atoms with Gasteiger partial charge in [0.1, 0.15) is 0 Å². The first-order chi connectivity index (χ1) is 14.9. The molecule has 0 heterocycles. The molecule has 1 N–H and O–H groups in total. The third-order valence-corrected chi connectivity index (χ3v) is 4.93. The van der Waals surface area contributed by atoms with Gasteiger partial charge in [-0.2, -0.15) is 5.10 Å². The van der Waals surface area contributed by atoms with Crippen molar-refractivity contribution in [1.82, 2.24) is 5.43 Å². The van der Waals surface area contributed by atoms with Crippen LogP contribution in [0, 0.1) is 0 Å². The van der Waals surface area contributed by atoms with E-state index in [4.69, 9.17) is 21.1 Å². The van der Waals surface area contributed by atoms with E-state index in [1.807, 2.05) is 24.3 Å². The molecule has 0 atom stereocenters. The number of amides is 1. The quantitative estimate of drug-likeness (QED) is 0.213. The van der Waals surface area contributed by atoms with Crippen molar-refractivity contribution in [2.24, 2.45) is 5.10 Å². The first kappa shape index (κ1) is 22.5. The van der Waals surface area contributed by atoms with Crippen LogP contribution < -0.4 is 14.9 Å². The first-order valence-corrected chi connectivity index (χ1v) is 10.3. The van der Waals surface area contributed by atoms with Crippen LogP contribution in [0.25, 0.3) is 0 Å². The van der Waals surface area contributed by atoms with Gasteiger partial charge in [-0.25, -0.2) is 10.2 Å². The molecule has 0 saturated carbocycles. The zero-order chi connectivity index (χ0) is 22.2. The molecule has 31 heavy (non-hydrogen) atoms. The van der Waals surface area contributed by atoms with Gasteiger partial charge in [0.2, 0.25) is 5.91 Å². The molecule has 0 aromatic heterocycles. The summed E-state index contributed by atoms with van der Waals surface area (Å²) >= 11 is 9.19. The van der Waals surface area contributed by atoms with Gasteiger partial charge >= 0.3 is 5.97 Å². The standard InChI is InChI=1S/C23H18BrClN2O4/c1-30-21-12-16(14-26-27-22(28)13-15-2-7-18(24)8-3-15)4-11-20(21)31-23(29)17-5-9-19(25)10-6-17/h2-12,14H,13H2,1H3,(H,27,28)/b26-14-. The number of nitrogens with one attached hydrogen (secondary N) is 1. The van der Waals surface area contributed by atoms with Crippen LogP contribution in [0.15, 0.2) is 76.3 Å². The van der Waals surface area contributed by atoms with Crippen molar-refractivity contribution < 1.29 is 19.1 Å². The minimum absolute atomic E-state index is 0.216. The maximum absolute atomic E-state index is 12.3. The minimum Gasteiger partial charge on any atom is -0.493 e. The van der Waals surface area contributed by atoms with E-state index in [1.165, 1.54) is 13.3 Å². The van der Waals surface area contributed by atoms with Gasteiger partial charge in [-0.1, -0.05) is 39.7 Å². The van der Waals surface area contributed by atoms with Crippen LogP contribution in [0.2, 0.25) is 5.02 Å². The lowest BCUT2D eigenvalue weighted by atomic mass is 10.1. The number of esters is 1. The Balaban J connectivity index is 1.61. The van der Waals surface area contributed by atoms with Gasteiger partial charge < -0.3 is 9.47 Å². The van der Waals surface area contributed by atoms with Gasteiger partial charge in [0, 0.05) is 9.50 Å². The molecule has 3 aromatic rings. The molecule has 0 fully saturated rings. The molecular weight excluding hydrogens is 484 g/mol. The monoisotopic (exact) mass is 500 g/mol. The number of nitrogens with zero attached hydrogens (tertiary/aromatic N) is 1. The molecule has 0 spiro atoms. The predicted molar refractivity (Wildman–Crippen MR) is 123 cm³/mol. The van der Waals surface area contributed by atoms with Crippen LogP contribution in [0.4, 0.5) is 0 Å². The van der Waals surface area contributed by atoms with Crippen molar-refractivity contribution in [3.63, 3.8) is 0 Å². The van der Waals surface area contributed by atoms with Crippen LogP contribution in [0.1, 0.15) is 21.5 Å². The number of rotatable bonds is 7. The Bertz CT molecular complexity index is 1100. The minimum atomic E-state index is -0.531. The van der Waals surface area contributed by atoms with Gasteiger partial charge in [0.15, 0.2) is 11.5 Å². The van der Waals surface area contributed by atoms with Crippen molar-refractivity contribution in [3.05, 3.63) is 92.9 Å². The number of halogens is 2. The Hall–Kier alpha value is -3.16. The summed E-state index contributed by atoms with van der Waals surface area (Å²) in [6.07, 6.45) is 1.69. The zero-order valence-electron chi connectivity index (χ0n) is 16.5. The van der Waals surface area contributed by atoms with Crippen molar-refractivity contribution >= 4 is 45.6 Å². The number of methoxy groups -OCH3 is 1. The highest BCUT2D eigenvalue weighted by Crippen LogP contribution is 2.28. The summed E-state index contributed by atoms with van der Waals surface area (Å²) < 4.78 is 11.7. The van der Waals surface area contributed by atoms with Crippen molar-refractivity contribution in [1.29, 1.82) is 0 Å². The van der Waals surface area contributed by atoms with Crippen LogP contribution in [-0.4, -0.2) is 25.2 Å². The maximum Gasteiger partial charge on any atom is 0.343 e. The van der Waals surface area contributed by atoms with Crippen LogP contribution >= 0.6 is 27.5 Å². The molecule has 0 aliphatic heterocycles. The number of benzene rings is 3. The maximum atomic E-state index is 12.3. The number of carbonyl (C=O) groups is 2. The van der Waals surface area contributed by atoms with Gasteiger partial charge in [0.25, 0.3) is 0 Å². The van der Waals surface area contributed by atoms with Crippen LogP contribution in [0.3, 0.4) is 0 Å². The highest BCUT2D eigenvalue weighted by molar-refractivity contribution is 9.10. The Morgan fingerprint density at radius 3 is 2.42 bits per heavy atom. The topological polar surface area (TPSA) is 77.0 Å². The normalized spacial score (nSPS) is 10.7. The summed E-state index contributed by atoms with van der Waals surface area (Å²) in [4.78, 5) is 24.3. The smallest absolute Gasteiger partial charge is 0.343 e. The molecule has 3 aromatic carbocycles. The summed E-state index contributed by atoms with van der Waals surface area (Å²) in [5.41, 5.74) is 4.39. The molecule has 158 valence electrons. The summed E-state index contributed by atoms with van der Waals surface area (Å²) in [6.45, 7) is 0. The van der Waals surface area contributed by atoms with E-state index in [0.29, 0.717) is 21.9 Å². The first-order valence-electron chi connectivity index (χ1n) is 9.17. The Morgan fingerprint density at radius 2 is 1.74 bits per heavy atom. The number of hydrogen-bond donors (Lipinski definition) is 1. The van der Waals surface area contributed by atoms with Gasteiger partial charge in [-0.3, -0.25) is 4.79 Å². The average molecular weight is 502 g/mol. The summed E-state index contributed by atoms with van der Waals surface area (Å²) in [6, 6.07) is 18.8. The third-order valence-electron chi connectivity index (χ3n) is 4.15. The molecule has 0 aliphatic carbocycles. The fraction of sp³-hybridized carbons (Fsp3) is 0.0870. The number of ether oxygens (including phenoxy) is 2. The van der Waals surface area contributed by atoms with E-state index in [9.17, 15) is 9.59 Å². The molecule has 8 heteroatoms. The summed E-state index contributed by atoms with van der Waals surface area (Å²) in [7, 11) is 1.47. The Kier molecular flexibility index (Phi) is 7.81. The van der Waals surface area contributed by atoms with E-state index in [0.717, 1.165) is 10.0 Å². The van der Waals surface area contributed by atoms with Crippen molar-refractivity contribution in [3.8, 4) is 11.5 Å². The lowest BCUT2D eigenvalue weighted by molar-refractivity contribution is -0.120. The van der Waals surface area contributed by atoms with E-state index in [1.54, 1.807) is 42.5 Å². The number of hydrogen-bond acceptors (Lipinski definition) is 5. The fourth-order valence-corrected chi connectivity index (χ4v) is 2.99. The van der Waals surface area contributed by atoms with Crippen LogP contribution in [-0.2, 0) is 11.2 Å². The molecule has 0 aliphatic rings. The second-order valence-corrected chi connectivity index (χ2v) is 7.76. The zero-order valence-corrected chi connectivity index (χ0v) is 18.8. The van der Waals surface area contributed by atoms with Gasteiger partial charge in [0.05, 0.1) is 25.3 Å². The number of carbonyl (C=O) groups excluding carboxylic acids is 2. The molecule has 0 saturated heterocycles. The highest BCUT2D eigenvalue weighted by Gasteiger charge is 2.13. The van der Waals surface area contributed by atoms with Crippen molar-refractivity contribution in [2.75, 3.05) is 7.11 Å². The third kappa shape index (κ3) is 6.67. The molecule has 0 radical (unpaired) electrons. The van der Waals surface area contributed by atoms with Crippen molar-refractivity contribution in [2.45, 2.75) is 6.42 Å².